The quantitative estimate of drug-likeness (QED) is 0.186. The zero-order chi connectivity index (χ0) is 33.9. The van der Waals surface area contributed by atoms with Gasteiger partial charge in [-0.2, -0.15) is 5.10 Å². The van der Waals surface area contributed by atoms with E-state index in [1.807, 2.05) is 74.7 Å². The summed E-state index contributed by atoms with van der Waals surface area (Å²) in [5, 5.41) is 17.9. The number of rotatable bonds is 7. The molecule has 2 fully saturated rings. The summed E-state index contributed by atoms with van der Waals surface area (Å²) in [6.07, 6.45) is 0.554. The molecule has 1 atom stereocenters. The van der Waals surface area contributed by atoms with Crippen molar-refractivity contribution in [1.82, 2.24) is 19.7 Å². The Morgan fingerprint density at radius 1 is 1.06 bits per heavy atom. The monoisotopic (exact) mass is 686 g/mol. The second kappa shape index (κ2) is 12.6. The number of carbonyl (C=O) groups is 2. The summed E-state index contributed by atoms with van der Waals surface area (Å²) in [5.74, 6) is -0.581. The van der Waals surface area contributed by atoms with Gasteiger partial charge < -0.3 is 19.5 Å². The molecule has 5 aromatic rings. The Balaban J connectivity index is 1.30. The van der Waals surface area contributed by atoms with E-state index in [-0.39, 0.29) is 17.7 Å². The lowest BCUT2D eigenvalue weighted by atomic mass is 9.90. The highest BCUT2D eigenvalue weighted by molar-refractivity contribution is 7.22. The van der Waals surface area contributed by atoms with Crippen molar-refractivity contribution in [1.29, 1.82) is 0 Å². The molecule has 1 N–H and O–H groups in total. The highest BCUT2D eigenvalue weighted by Gasteiger charge is 2.35. The van der Waals surface area contributed by atoms with Crippen LogP contribution in [0.25, 0.3) is 42.8 Å². The summed E-state index contributed by atoms with van der Waals surface area (Å²) >= 11 is 7.82. The lowest BCUT2D eigenvalue weighted by Gasteiger charge is -2.36. The highest BCUT2D eigenvalue weighted by atomic mass is 35.5. The average Bonchev–Trinajstić information content (AvgIpc) is 3.59. The van der Waals surface area contributed by atoms with Crippen LogP contribution in [0, 0.1) is 12.8 Å². The summed E-state index contributed by atoms with van der Waals surface area (Å²) in [4.78, 5) is 32.6. The number of hydrogen-bond acceptors (Lipinski definition) is 7. The fourth-order valence-corrected chi connectivity index (χ4v) is 8.15. The lowest BCUT2D eigenvalue weighted by molar-refractivity contribution is -0.160. The van der Waals surface area contributed by atoms with Gasteiger partial charge in [-0.1, -0.05) is 23.7 Å². The maximum Gasteiger partial charge on any atom is 0.337 e. The number of nitrogens with zero attached hydrogens (tertiary/aromatic N) is 4. The van der Waals surface area contributed by atoms with Gasteiger partial charge >= 0.3 is 5.97 Å². The third kappa shape index (κ3) is 6.11. The molecule has 7 rings (SSSR count). The number of thiazole rings is 1. The molecular weight excluding hydrogens is 648 g/mol. The summed E-state index contributed by atoms with van der Waals surface area (Å²) < 4.78 is 14.2. The second-order valence-corrected chi connectivity index (χ2v) is 15.3. The number of carboxylic acids is 1. The number of carbonyl (C=O) groups excluding carboxylic acids is 1. The normalized spacial score (nSPS) is 16.8. The number of benzene rings is 3. The summed E-state index contributed by atoms with van der Waals surface area (Å²) in [6.45, 7) is 10.0. The second-order valence-electron chi connectivity index (χ2n) is 13.9. The predicted molar refractivity (Wildman–Crippen MR) is 189 cm³/mol. The van der Waals surface area contributed by atoms with Crippen LogP contribution in [0.5, 0.6) is 0 Å². The first-order chi connectivity index (χ1) is 22.9. The molecule has 0 radical (unpaired) electrons. The number of halogens is 1. The largest absolute Gasteiger partial charge is 0.479 e. The van der Waals surface area contributed by atoms with Gasteiger partial charge in [0.05, 0.1) is 46.2 Å². The molecule has 0 aliphatic carbocycles. The Kier molecular flexibility index (Phi) is 8.56. The van der Waals surface area contributed by atoms with Crippen LogP contribution in [0.1, 0.15) is 62.5 Å². The van der Waals surface area contributed by atoms with Crippen LogP contribution < -0.4 is 0 Å². The fourth-order valence-electron chi connectivity index (χ4n) is 6.90. The lowest BCUT2D eigenvalue weighted by Crippen LogP contribution is -2.47. The first kappa shape index (κ1) is 32.7. The maximum absolute atomic E-state index is 12.8. The summed E-state index contributed by atoms with van der Waals surface area (Å²) in [5.41, 5.74) is 6.22. The summed E-state index contributed by atoms with van der Waals surface area (Å²) in [7, 11) is 1.97. The highest BCUT2D eigenvalue weighted by Crippen LogP contribution is 2.45. The van der Waals surface area contributed by atoms with E-state index in [0.29, 0.717) is 23.8 Å². The Morgan fingerprint density at radius 3 is 2.38 bits per heavy atom. The first-order valence-corrected chi connectivity index (χ1v) is 17.5. The Morgan fingerprint density at radius 2 is 1.75 bits per heavy atom. The molecule has 4 heterocycles. The van der Waals surface area contributed by atoms with Crippen LogP contribution in [0.3, 0.4) is 0 Å². The molecule has 2 aliphatic heterocycles. The SMILES string of the molecule is Cc1cc2nc(-c3ccc4c(c3)c(C3CCN(C(=O)C5COC5)CC3)nn4C)sc2c(-c2ccc(Cl)cc2)c1[C@H](OC(C)(C)C)C(=O)O. The van der Waals surface area contributed by atoms with Crippen molar-refractivity contribution in [2.24, 2.45) is 13.0 Å². The number of ether oxygens (including phenoxy) is 2. The van der Waals surface area contributed by atoms with Gasteiger partial charge in [-0.05, 0) is 88.1 Å². The number of hydrogen-bond donors (Lipinski definition) is 1. The van der Waals surface area contributed by atoms with Gasteiger partial charge in [-0.3, -0.25) is 9.48 Å². The van der Waals surface area contributed by atoms with Gasteiger partial charge in [0.2, 0.25) is 5.91 Å². The van der Waals surface area contributed by atoms with Crippen molar-refractivity contribution in [2.45, 2.75) is 58.2 Å². The number of carboxylic acid groups (broad SMARTS) is 1. The van der Waals surface area contributed by atoms with Gasteiger partial charge in [-0.25, -0.2) is 9.78 Å². The molecule has 0 bridgehead atoms. The minimum Gasteiger partial charge on any atom is -0.479 e. The zero-order valence-electron chi connectivity index (χ0n) is 27.7. The Labute approximate surface area is 288 Å². The van der Waals surface area contributed by atoms with Crippen molar-refractivity contribution < 1.29 is 24.2 Å². The first-order valence-electron chi connectivity index (χ1n) is 16.3. The molecule has 0 spiro atoms. The van der Waals surface area contributed by atoms with Gasteiger partial charge in [0.1, 0.15) is 5.01 Å². The maximum atomic E-state index is 12.8. The number of aryl methyl sites for hydroxylation is 2. The van der Waals surface area contributed by atoms with Crippen molar-refractivity contribution in [2.75, 3.05) is 26.3 Å². The van der Waals surface area contributed by atoms with Crippen LogP contribution in [-0.2, 0) is 26.1 Å². The van der Waals surface area contributed by atoms with Crippen molar-refractivity contribution >= 4 is 55.9 Å². The van der Waals surface area contributed by atoms with Gasteiger partial charge in [-0.15, -0.1) is 11.3 Å². The van der Waals surface area contributed by atoms with E-state index in [0.717, 1.165) is 80.0 Å². The number of amides is 1. The van der Waals surface area contributed by atoms with Gasteiger partial charge in [0, 0.05) is 53.2 Å². The Hall–Kier alpha value is -3.83. The van der Waals surface area contributed by atoms with Crippen LogP contribution in [0.15, 0.2) is 48.5 Å². The molecule has 0 saturated carbocycles. The number of fused-ring (bicyclic) bond motifs is 2. The Bertz CT molecular complexity index is 2040. The van der Waals surface area contributed by atoms with Crippen molar-refractivity contribution in [3.63, 3.8) is 0 Å². The van der Waals surface area contributed by atoms with Crippen molar-refractivity contribution in [3.05, 3.63) is 70.4 Å². The predicted octanol–water partition coefficient (Wildman–Crippen LogP) is 7.77. The molecule has 1 amide bonds. The van der Waals surface area contributed by atoms with E-state index >= 15 is 0 Å². The van der Waals surface area contributed by atoms with Crippen LogP contribution in [-0.4, -0.2) is 68.6 Å². The number of likely N-dealkylation sites (tertiary alicyclic amines) is 1. The molecule has 48 heavy (non-hydrogen) atoms. The number of aromatic nitrogens is 3. The van der Waals surface area contributed by atoms with Gasteiger partial charge in [0.15, 0.2) is 6.10 Å². The number of aliphatic carboxylic acids is 1. The van der Waals surface area contributed by atoms with E-state index in [2.05, 4.69) is 18.2 Å². The minimum atomic E-state index is -1.18. The molecule has 3 aromatic carbocycles. The fraction of sp³-hybridized carbons (Fsp3) is 0.405. The van der Waals surface area contributed by atoms with E-state index in [9.17, 15) is 14.7 Å². The molecule has 11 heteroatoms. The zero-order valence-corrected chi connectivity index (χ0v) is 29.3. The van der Waals surface area contributed by atoms with Crippen LogP contribution >= 0.6 is 22.9 Å². The summed E-state index contributed by atoms with van der Waals surface area (Å²) in [6, 6.07) is 15.8. The molecular formula is C37H39ClN4O5S. The van der Waals surface area contributed by atoms with E-state index < -0.39 is 17.7 Å². The molecule has 2 saturated heterocycles. The molecule has 9 nitrogen and oxygen atoms in total. The third-order valence-electron chi connectivity index (χ3n) is 9.33. The van der Waals surface area contributed by atoms with E-state index in [1.165, 1.54) is 0 Å². The van der Waals surface area contributed by atoms with E-state index in [4.69, 9.17) is 31.2 Å². The number of piperidine rings is 1. The van der Waals surface area contributed by atoms with Gasteiger partial charge in [0.25, 0.3) is 0 Å². The van der Waals surface area contributed by atoms with Crippen LogP contribution in [0.4, 0.5) is 0 Å². The topological polar surface area (TPSA) is 107 Å². The molecule has 0 unspecified atom stereocenters. The van der Waals surface area contributed by atoms with E-state index in [1.54, 1.807) is 11.3 Å². The minimum absolute atomic E-state index is 0.00898. The standard InChI is InChI=1S/C37H39ClN4O5S/c1-20-16-27-33(30(21-6-9-25(38)10-7-21)29(20)32(36(44)45)47-37(2,3)4)48-34(39-27)23-8-11-28-26(17-23)31(40-41(28)5)22-12-14-42(15-13-22)35(43)24-18-46-19-24/h6-11,16-17,22,24,32H,12-15,18-19H2,1-5H3,(H,44,45)/t32-/m0/s1. The van der Waals surface area contributed by atoms with Crippen molar-refractivity contribution in [3.8, 4) is 21.7 Å². The third-order valence-corrected chi connectivity index (χ3v) is 10.7. The molecule has 2 aliphatic rings. The average molecular weight is 687 g/mol. The molecule has 2 aromatic heterocycles. The smallest absolute Gasteiger partial charge is 0.337 e. The molecule has 250 valence electrons. The van der Waals surface area contributed by atoms with Crippen LogP contribution in [0.2, 0.25) is 5.02 Å².